The molecule has 7 nitrogen and oxygen atoms in total. The highest BCUT2D eigenvalue weighted by Crippen LogP contribution is 2.18. The van der Waals surface area contributed by atoms with Gasteiger partial charge >= 0.3 is 0 Å². The summed E-state index contributed by atoms with van der Waals surface area (Å²) in [6, 6.07) is -0.653. The molecule has 0 amide bonds. The number of oxime groups is 1. The molecule has 0 aromatic carbocycles. The summed E-state index contributed by atoms with van der Waals surface area (Å²) < 4.78 is 28.4. The molecule has 0 aromatic heterocycles. The van der Waals surface area contributed by atoms with Gasteiger partial charge in [0.25, 0.3) is 10.2 Å². The second-order valence-electron chi connectivity index (χ2n) is 5.07. The Labute approximate surface area is 115 Å². The second-order valence-corrected chi connectivity index (χ2v) is 6.77. The predicted octanol–water partition coefficient (Wildman–Crippen LogP) is 0.468. The smallest absolute Gasteiger partial charge is 0.280 e. The van der Waals surface area contributed by atoms with Crippen molar-refractivity contribution in [3.8, 4) is 0 Å². The van der Waals surface area contributed by atoms with Gasteiger partial charge in [-0.05, 0) is 25.2 Å². The molecular weight excluding hydrogens is 268 g/mol. The molecular formula is C11H24N4O3S. The number of amidine groups is 1. The van der Waals surface area contributed by atoms with E-state index < -0.39 is 16.3 Å². The molecule has 0 saturated carbocycles. The zero-order chi connectivity index (χ0) is 14.5. The number of rotatable bonds is 6. The van der Waals surface area contributed by atoms with Gasteiger partial charge in [0, 0.05) is 13.1 Å². The van der Waals surface area contributed by atoms with Crippen molar-refractivity contribution in [1.82, 2.24) is 9.03 Å². The summed E-state index contributed by atoms with van der Waals surface area (Å²) in [5, 5.41) is 11.6. The molecule has 19 heavy (non-hydrogen) atoms. The molecule has 0 bridgehead atoms. The van der Waals surface area contributed by atoms with Crippen molar-refractivity contribution in [3.05, 3.63) is 0 Å². The molecule has 1 unspecified atom stereocenters. The van der Waals surface area contributed by atoms with Crippen LogP contribution in [0.5, 0.6) is 0 Å². The average Bonchev–Trinajstić information content (AvgIpc) is 2.37. The van der Waals surface area contributed by atoms with Gasteiger partial charge < -0.3 is 10.9 Å². The molecule has 4 N–H and O–H groups in total. The summed E-state index contributed by atoms with van der Waals surface area (Å²) in [6.07, 6.45) is 2.96. The molecule has 1 rings (SSSR count). The molecule has 8 heteroatoms. The van der Waals surface area contributed by atoms with Crippen LogP contribution in [0.1, 0.15) is 39.5 Å². The summed E-state index contributed by atoms with van der Waals surface area (Å²) in [5.41, 5.74) is 5.52. The highest BCUT2D eigenvalue weighted by molar-refractivity contribution is 7.87. The van der Waals surface area contributed by atoms with E-state index in [1.807, 2.05) is 6.92 Å². The van der Waals surface area contributed by atoms with Crippen LogP contribution >= 0.6 is 0 Å². The standard InChI is InChI=1S/C11H24N4O3S/c1-3-4-10(11(12)13-16)14-19(17,18)15-7-5-9(2)6-8-15/h9-10,14,16H,3-8H2,1-2H3,(H2,12,13). The number of hydrogen-bond acceptors (Lipinski definition) is 4. The fourth-order valence-electron chi connectivity index (χ4n) is 2.11. The fraction of sp³-hybridized carbons (Fsp3) is 0.909. The van der Waals surface area contributed by atoms with Gasteiger partial charge in [-0.2, -0.15) is 17.4 Å². The van der Waals surface area contributed by atoms with Crippen molar-refractivity contribution >= 4 is 16.0 Å². The fourth-order valence-corrected chi connectivity index (χ4v) is 3.54. The van der Waals surface area contributed by atoms with Crippen molar-refractivity contribution in [2.45, 2.75) is 45.6 Å². The first-order valence-corrected chi connectivity index (χ1v) is 8.09. The maximum absolute atomic E-state index is 12.2. The van der Waals surface area contributed by atoms with E-state index in [0.717, 1.165) is 19.3 Å². The van der Waals surface area contributed by atoms with Crippen LogP contribution in [0.4, 0.5) is 0 Å². The lowest BCUT2D eigenvalue weighted by Crippen LogP contribution is -2.51. The summed E-state index contributed by atoms with van der Waals surface area (Å²) in [6.45, 7) is 5.07. The van der Waals surface area contributed by atoms with Crippen LogP contribution in [0, 0.1) is 5.92 Å². The van der Waals surface area contributed by atoms with Crippen LogP contribution in [-0.2, 0) is 10.2 Å². The van der Waals surface area contributed by atoms with Crippen LogP contribution < -0.4 is 10.5 Å². The molecule has 0 aromatic rings. The first-order valence-electron chi connectivity index (χ1n) is 6.65. The second kappa shape index (κ2) is 7.06. The summed E-state index contributed by atoms with van der Waals surface area (Å²) in [7, 11) is -3.57. The molecule has 1 saturated heterocycles. The minimum absolute atomic E-state index is 0.101. The number of piperidine rings is 1. The van der Waals surface area contributed by atoms with Crippen molar-refractivity contribution in [2.75, 3.05) is 13.1 Å². The monoisotopic (exact) mass is 292 g/mol. The van der Waals surface area contributed by atoms with E-state index in [9.17, 15) is 8.42 Å². The SMILES string of the molecule is CCCC(NS(=O)(=O)N1CCC(C)CC1)/C(N)=N/O. The Morgan fingerprint density at radius 1 is 1.53 bits per heavy atom. The third kappa shape index (κ3) is 4.63. The normalized spacial score (nSPS) is 21.5. The Morgan fingerprint density at radius 3 is 2.58 bits per heavy atom. The molecule has 1 heterocycles. The van der Waals surface area contributed by atoms with Gasteiger partial charge in [0.15, 0.2) is 5.84 Å². The zero-order valence-electron chi connectivity index (χ0n) is 11.5. The maximum Gasteiger partial charge on any atom is 0.280 e. The largest absolute Gasteiger partial charge is 0.409 e. The van der Waals surface area contributed by atoms with E-state index >= 15 is 0 Å². The molecule has 0 radical (unpaired) electrons. The Kier molecular flexibility index (Phi) is 6.02. The quantitative estimate of drug-likeness (QED) is 0.286. The van der Waals surface area contributed by atoms with Crippen molar-refractivity contribution < 1.29 is 13.6 Å². The lowest BCUT2D eigenvalue weighted by Gasteiger charge is -2.30. The molecule has 0 spiro atoms. The molecule has 112 valence electrons. The minimum Gasteiger partial charge on any atom is -0.409 e. The van der Waals surface area contributed by atoms with Gasteiger partial charge in [-0.15, -0.1) is 0 Å². The third-order valence-corrected chi connectivity index (χ3v) is 5.05. The van der Waals surface area contributed by atoms with Crippen LogP contribution in [0.15, 0.2) is 5.16 Å². The molecule has 1 fully saturated rings. The number of nitrogens with zero attached hydrogens (tertiary/aromatic N) is 2. The maximum atomic E-state index is 12.2. The van der Waals surface area contributed by atoms with Crippen molar-refractivity contribution in [2.24, 2.45) is 16.8 Å². The Balaban J connectivity index is 2.71. The van der Waals surface area contributed by atoms with Gasteiger partial charge in [0.05, 0.1) is 6.04 Å². The van der Waals surface area contributed by atoms with E-state index in [-0.39, 0.29) is 5.84 Å². The first-order chi connectivity index (χ1) is 8.90. The Bertz CT molecular complexity index is 402. The summed E-state index contributed by atoms with van der Waals surface area (Å²) in [5.74, 6) is 0.456. The highest BCUT2D eigenvalue weighted by Gasteiger charge is 2.29. The molecule has 1 aliphatic heterocycles. The molecule has 0 aliphatic carbocycles. The van der Waals surface area contributed by atoms with Crippen LogP contribution in [0.2, 0.25) is 0 Å². The van der Waals surface area contributed by atoms with E-state index in [2.05, 4.69) is 16.8 Å². The summed E-state index contributed by atoms with van der Waals surface area (Å²) >= 11 is 0. The van der Waals surface area contributed by atoms with Gasteiger partial charge in [-0.1, -0.05) is 25.4 Å². The van der Waals surface area contributed by atoms with Gasteiger partial charge in [-0.25, -0.2) is 0 Å². The Morgan fingerprint density at radius 2 is 2.11 bits per heavy atom. The first kappa shape index (κ1) is 16.2. The molecule has 1 atom stereocenters. The highest BCUT2D eigenvalue weighted by atomic mass is 32.2. The van der Waals surface area contributed by atoms with Crippen LogP contribution in [0.25, 0.3) is 0 Å². The minimum atomic E-state index is -3.57. The average molecular weight is 292 g/mol. The van der Waals surface area contributed by atoms with Gasteiger partial charge in [0.2, 0.25) is 0 Å². The Hall–Kier alpha value is -0.860. The third-order valence-electron chi connectivity index (χ3n) is 3.42. The van der Waals surface area contributed by atoms with E-state index in [0.29, 0.717) is 25.4 Å². The van der Waals surface area contributed by atoms with Gasteiger partial charge in [-0.3, -0.25) is 0 Å². The summed E-state index contributed by atoms with van der Waals surface area (Å²) in [4.78, 5) is 0. The van der Waals surface area contributed by atoms with E-state index in [1.54, 1.807) is 0 Å². The van der Waals surface area contributed by atoms with Crippen molar-refractivity contribution in [3.63, 3.8) is 0 Å². The topological polar surface area (TPSA) is 108 Å². The number of nitrogens with one attached hydrogen (secondary N) is 1. The van der Waals surface area contributed by atoms with Crippen molar-refractivity contribution in [1.29, 1.82) is 0 Å². The molecule has 1 aliphatic rings. The zero-order valence-corrected chi connectivity index (χ0v) is 12.4. The number of nitrogens with two attached hydrogens (primary N) is 1. The van der Waals surface area contributed by atoms with Gasteiger partial charge in [0.1, 0.15) is 0 Å². The van der Waals surface area contributed by atoms with Crippen LogP contribution in [-0.4, -0.2) is 42.9 Å². The van der Waals surface area contributed by atoms with E-state index in [4.69, 9.17) is 10.9 Å². The predicted molar refractivity (Wildman–Crippen MR) is 74.1 cm³/mol. The van der Waals surface area contributed by atoms with Crippen LogP contribution in [0.3, 0.4) is 0 Å². The van der Waals surface area contributed by atoms with E-state index in [1.165, 1.54) is 4.31 Å². The lowest BCUT2D eigenvalue weighted by molar-refractivity contribution is 0.283. The number of hydrogen-bond donors (Lipinski definition) is 3. The lowest BCUT2D eigenvalue weighted by atomic mass is 10.0.